The van der Waals surface area contributed by atoms with Crippen molar-refractivity contribution in [3.63, 3.8) is 0 Å². The molecule has 2 rings (SSSR count). The number of halogens is 3. The van der Waals surface area contributed by atoms with E-state index >= 15 is 0 Å². The summed E-state index contributed by atoms with van der Waals surface area (Å²) in [7, 11) is 0. The SMILES string of the molecule is CC(C)(C)N1C[C@@H](C#N)[C@H](c2ccc(C(F)(F)F)cc2)C1. The summed E-state index contributed by atoms with van der Waals surface area (Å²) in [5.74, 6) is -0.211. The van der Waals surface area contributed by atoms with Gasteiger partial charge in [0, 0.05) is 24.5 Å². The maximum atomic E-state index is 12.6. The van der Waals surface area contributed by atoms with E-state index in [1.54, 1.807) is 0 Å². The summed E-state index contributed by atoms with van der Waals surface area (Å²) < 4.78 is 37.8. The van der Waals surface area contributed by atoms with E-state index in [1.807, 2.05) is 0 Å². The smallest absolute Gasteiger partial charge is 0.297 e. The maximum absolute atomic E-state index is 12.6. The number of hydrogen-bond acceptors (Lipinski definition) is 2. The van der Waals surface area contributed by atoms with Crippen LogP contribution in [0.4, 0.5) is 13.2 Å². The van der Waals surface area contributed by atoms with Crippen molar-refractivity contribution in [1.82, 2.24) is 4.90 Å². The molecule has 1 heterocycles. The molecule has 1 aliphatic heterocycles. The van der Waals surface area contributed by atoms with Crippen molar-refractivity contribution in [3.8, 4) is 6.07 Å². The molecular weight excluding hydrogens is 277 g/mol. The lowest BCUT2D eigenvalue weighted by Crippen LogP contribution is -2.39. The largest absolute Gasteiger partial charge is 0.416 e. The first kappa shape index (κ1) is 15.8. The van der Waals surface area contributed by atoms with Gasteiger partial charge in [0.15, 0.2) is 0 Å². The third-order valence-electron chi connectivity index (χ3n) is 4.10. The predicted octanol–water partition coefficient (Wildman–Crippen LogP) is 4.04. The molecule has 5 heteroatoms. The van der Waals surface area contributed by atoms with Gasteiger partial charge >= 0.3 is 6.18 Å². The Morgan fingerprint density at radius 2 is 1.67 bits per heavy atom. The van der Waals surface area contributed by atoms with E-state index in [0.717, 1.165) is 17.7 Å². The van der Waals surface area contributed by atoms with Crippen LogP contribution < -0.4 is 0 Å². The molecule has 0 spiro atoms. The Morgan fingerprint density at radius 1 is 1.10 bits per heavy atom. The molecule has 0 amide bonds. The number of rotatable bonds is 1. The van der Waals surface area contributed by atoms with E-state index in [1.165, 1.54) is 12.1 Å². The minimum absolute atomic E-state index is 0.0310. The van der Waals surface area contributed by atoms with Gasteiger partial charge in [0.2, 0.25) is 0 Å². The average molecular weight is 296 g/mol. The van der Waals surface area contributed by atoms with Crippen LogP contribution in [0.1, 0.15) is 37.8 Å². The fourth-order valence-corrected chi connectivity index (χ4v) is 2.74. The summed E-state index contributed by atoms with van der Waals surface area (Å²) >= 11 is 0. The van der Waals surface area contributed by atoms with Gasteiger partial charge < -0.3 is 0 Å². The van der Waals surface area contributed by atoms with E-state index in [-0.39, 0.29) is 17.4 Å². The Bertz CT molecular complexity index is 535. The Kier molecular flexibility index (Phi) is 4.03. The molecule has 1 aromatic rings. The van der Waals surface area contributed by atoms with E-state index in [0.29, 0.717) is 13.1 Å². The fourth-order valence-electron chi connectivity index (χ4n) is 2.74. The van der Waals surface area contributed by atoms with Gasteiger partial charge in [-0.05, 0) is 38.5 Å². The van der Waals surface area contributed by atoms with Gasteiger partial charge in [0.05, 0.1) is 17.6 Å². The molecule has 1 aliphatic rings. The Balaban J connectivity index is 2.23. The van der Waals surface area contributed by atoms with Gasteiger partial charge in [-0.15, -0.1) is 0 Å². The molecule has 1 fully saturated rings. The lowest BCUT2D eigenvalue weighted by atomic mass is 9.89. The molecule has 0 saturated carbocycles. The fraction of sp³-hybridized carbons (Fsp3) is 0.562. The molecule has 0 aliphatic carbocycles. The molecule has 1 aromatic carbocycles. The predicted molar refractivity (Wildman–Crippen MR) is 74.6 cm³/mol. The standard InChI is InChI=1S/C16H19F3N2/c1-15(2,3)21-9-12(8-20)14(10-21)11-4-6-13(7-5-11)16(17,18)19/h4-7,12,14H,9-10H2,1-3H3/t12-,14+/m1/s1. The van der Waals surface area contributed by atoms with Gasteiger partial charge in [-0.1, -0.05) is 12.1 Å². The van der Waals surface area contributed by atoms with E-state index in [4.69, 9.17) is 0 Å². The molecule has 114 valence electrons. The number of alkyl halides is 3. The van der Waals surface area contributed by atoms with Crippen LogP contribution >= 0.6 is 0 Å². The van der Waals surface area contributed by atoms with Gasteiger partial charge in [0.1, 0.15) is 0 Å². The monoisotopic (exact) mass is 296 g/mol. The third kappa shape index (κ3) is 3.38. The van der Waals surface area contributed by atoms with Crippen molar-refractivity contribution < 1.29 is 13.2 Å². The topological polar surface area (TPSA) is 27.0 Å². The first-order chi connectivity index (χ1) is 9.63. The second kappa shape index (κ2) is 5.34. The van der Waals surface area contributed by atoms with Crippen molar-refractivity contribution in [2.75, 3.05) is 13.1 Å². The molecular formula is C16H19F3N2. The van der Waals surface area contributed by atoms with Crippen LogP contribution in [0.2, 0.25) is 0 Å². The second-order valence-electron chi connectivity index (χ2n) is 6.54. The van der Waals surface area contributed by atoms with Crippen molar-refractivity contribution >= 4 is 0 Å². The number of nitriles is 1. The summed E-state index contributed by atoms with van der Waals surface area (Å²) in [6.07, 6.45) is -4.32. The summed E-state index contributed by atoms with van der Waals surface area (Å²) in [5.41, 5.74) is 0.113. The number of benzene rings is 1. The van der Waals surface area contributed by atoms with Gasteiger partial charge in [-0.25, -0.2) is 0 Å². The summed E-state index contributed by atoms with van der Waals surface area (Å²) in [5, 5.41) is 9.31. The summed E-state index contributed by atoms with van der Waals surface area (Å²) in [6.45, 7) is 7.60. The highest BCUT2D eigenvalue weighted by Gasteiger charge is 2.39. The zero-order chi connectivity index (χ0) is 15.8. The lowest BCUT2D eigenvalue weighted by molar-refractivity contribution is -0.137. The molecule has 0 unspecified atom stereocenters. The van der Waals surface area contributed by atoms with Crippen LogP contribution in [0.3, 0.4) is 0 Å². The minimum Gasteiger partial charge on any atom is -0.297 e. The molecule has 0 N–H and O–H groups in total. The van der Waals surface area contributed by atoms with Crippen LogP contribution in [0.25, 0.3) is 0 Å². The van der Waals surface area contributed by atoms with Crippen LogP contribution in [0.5, 0.6) is 0 Å². The molecule has 21 heavy (non-hydrogen) atoms. The number of likely N-dealkylation sites (tertiary alicyclic amines) is 1. The maximum Gasteiger partial charge on any atom is 0.416 e. The molecule has 0 aromatic heterocycles. The highest BCUT2D eigenvalue weighted by Crippen LogP contribution is 2.37. The minimum atomic E-state index is -4.32. The van der Waals surface area contributed by atoms with Gasteiger partial charge in [-0.3, -0.25) is 4.90 Å². The van der Waals surface area contributed by atoms with Crippen molar-refractivity contribution in [2.45, 2.75) is 38.4 Å². The van der Waals surface area contributed by atoms with Gasteiger partial charge in [-0.2, -0.15) is 18.4 Å². The quantitative estimate of drug-likeness (QED) is 0.782. The molecule has 2 atom stereocenters. The second-order valence-corrected chi connectivity index (χ2v) is 6.54. The zero-order valence-electron chi connectivity index (χ0n) is 12.4. The van der Waals surface area contributed by atoms with Crippen LogP contribution in [-0.4, -0.2) is 23.5 Å². The molecule has 1 saturated heterocycles. The Labute approximate surface area is 123 Å². The summed E-state index contributed by atoms with van der Waals surface area (Å²) in [6, 6.07) is 7.50. The first-order valence-electron chi connectivity index (χ1n) is 6.95. The zero-order valence-corrected chi connectivity index (χ0v) is 12.4. The third-order valence-corrected chi connectivity index (χ3v) is 4.10. The lowest BCUT2D eigenvalue weighted by Gasteiger charge is -2.31. The van der Waals surface area contributed by atoms with E-state index in [2.05, 4.69) is 31.7 Å². The van der Waals surface area contributed by atoms with Crippen LogP contribution in [-0.2, 0) is 6.18 Å². The molecule has 2 nitrogen and oxygen atoms in total. The highest BCUT2D eigenvalue weighted by atomic mass is 19.4. The Hall–Kier alpha value is -1.54. The molecule has 0 radical (unpaired) electrons. The first-order valence-corrected chi connectivity index (χ1v) is 6.95. The average Bonchev–Trinajstić information content (AvgIpc) is 2.81. The normalized spacial score (nSPS) is 24.0. The summed E-state index contributed by atoms with van der Waals surface area (Å²) in [4.78, 5) is 2.21. The Morgan fingerprint density at radius 3 is 2.10 bits per heavy atom. The van der Waals surface area contributed by atoms with Crippen molar-refractivity contribution in [1.29, 1.82) is 5.26 Å². The van der Waals surface area contributed by atoms with Crippen LogP contribution in [0, 0.1) is 17.2 Å². The van der Waals surface area contributed by atoms with Crippen LogP contribution in [0.15, 0.2) is 24.3 Å². The molecule has 0 bridgehead atoms. The highest BCUT2D eigenvalue weighted by molar-refractivity contribution is 5.30. The van der Waals surface area contributed by atoms with Crippen molar-refractivity contribution in [2.24, 2.45) is 5.92 Å². The van der Waals surface area contributed by atoms with E-state index in [9.17, 15) is 18.4 Å². The number of nitrogens with zero attached hydrogens (tertiary/aromatic N) is 2. The van der Waals surface area contributed by atoms with Gasteiger partial charge in [0.25, 0.3) is 0 Å². The van der Waals surface area contributed by atoms with Crippen molar-refractivity contribution in [3.05, 3.63) is 35.4 Å². The number of hydrogen-bond donors (Lipinski definition) is 0. The van der Waals surface area contributed by atoms with E-state index < -0.39 is 11.7 Å².